The lowest BCUT2D eigenvalue weighted by atomic mass is 9.87. The summed E-state index contributed by atoms with van der Waals surface area (Å²) < 4.78 is 16.5. The third-order valence-corrected chi connectivity index (χ3v) is 6.10. The summed E-state index contributed by atoms with van der Waals surface area (Å²) in [4.78, 5) is 13.9. The Kier molecular flexibility index (Phi) is 7.44. The van der Waals surface area contributed by atoms with Gasteiger partial charge in [-0.05, 0) is 36.8 Å². The summed E-state index contributed by atoms with van der Waals surface area (Å²) in [5.74, 6) is 2.34. The molecule has 6 nitrogen and oxygen atoms in total. The zero-order valence-electron chi connectivity index (χ0n) is 19.5. The van der Waals surface area contributed by atoms with Gasteiger partial charge in [-0.2, -0.15) is 0 Å². The van der Waals surface area contributed by atoms with E-state index >= 15 is 0 Å². The van der Waals surface area contributed by atoms with E-state index in [-0.39, 0.29) is 23.9 Å². The van der Waals surface area contributed by atoms with Gasteiger partial charge >= 0.3 is 0 Å². The standard InChI is InChI=1S/C25H34N2O4/c1-16(2)25(28)26-17(3)24-21-14-23(31-6)22(30-5)13-19(21)10-11-27(24)15-18-8-7-9-20(12-18)29-4/h7-9,12-14,16-17,24H,10-11,15H2,1-6H3,(H,26,28)/p+1/t17-,24+/m1/s1. The first kappa shape index (κ1) is 22.9. The molecule has 1 amide bonds. The molecule has 0 radical (unpaired) electrons. The molecule has 0 spiro atoms. The van der Waals surface area contributed by atoms with Crippen LogP contribution in [-0.4, -0.2) is 39.8 Å². The number of carbonyl (C=O) groups excluding carboxylic acids is 1. The minimum atomic E-state index is -0.0576. The van der Waals surface area contributed by atoms with Gasteiger partial charge in [0, 0.05) is 23.5 Å². The zero-order chi connectivity index (χ0) is 22.5. The summed E-state index contributed by atoms with van der Waals surface area (Å²) in [6, 6.07) is 12.4. The van der Waals surface area contributed by atoms with Crippen molar-refractivity contribution in [2.45, 2.75) is 45.8 Å². The summed E-state index contributed by atoms with van der Waals surface area (Å²) >= 11 is 0. The third kappa shape index (κ3) is 5.13. The maximum Gasteiger partial charge on any atom is 0.222 e. The van der Waals surface area contributed by atoms with E-state index in [1.165, 1.54) is 21.6 Å². The van der Waals surface area contributed by atoms with E-state index < -0.39 is 0 Å². The molecule has 0 saturated carbocycles. The molecule has 0 fully saturated rings. The lowest BCUT2D eigenvalue weighted by Gasteiger charge is -2.38. The molecule has 1 aliphatic heterocycles. The number of ether oxygens (including phenoxy) is 3. The lowest BCUT2D eigenvalue weighted by Crippen LogP contribution is -3.13. The van der Waals surface area contributed by atoms with Gasteiger partial charge in [0.05, 0.1) is 33.9 Å². The van der Waals surface area contributed by atoms with Gasteiger partial charge in [0.15, 0.2) is 11.5 Å². The predicted molar refractivity (Wildman–Crippen MR) is 121 cm³/mol. The predicted octanol–water partition coefficient (Wildman–Crippen LogP) is 2.56. The van der Waals surface area contributed by atoms with Gasteiger partial charge in [-0.3, -0.25) is 4.79 Å². The fourth-order valence-electron chi connectivity index (χ4n) is 4.45. The average Bonchev–Trinajstić information content (AvgIpc) is 2.77. The molecule has 0 aliphatic carbocycles. The Morgan fingerprint density at radius 1 is 1.06 bits per heavy atom. The summed E-state index contributed by atoms with van der Waals surface area (Å²) in [6.07, 6.45) is 0.941. The first-order valence-corrected chi connectivity index (χ1v) is 10.9. The van der Waals surface area contributed by atoms with E-state index in [0.29, 0.717) is 0 Å². The van der Waals surface area contributed by atoms with Crippen molar-refractivity contribution in [1.29, 1.82) is 0 Å². The fraction of sp³-hybridized carbons (Fsp3) is 0.480. The highest BCUT2D eigenvalue weighted by Crippen LogP contribution is 2.35. The summed E-state index contributed by atoms with van der Waals surface area (Å²) in [7, 11) is 5.01. The van der Waals surface area contributed by atoms with Crippen LogP contribution in [0.25, 0.3) is 0 Å². The maximum absolute atomic E-state index is 12.5. The summed E-state index contributed by atoms with van der Waals surface area (Å²) in [5.41, 5.74) is 3.67. The molecule has 3 atom stereocenters. The zero-order valence-corrected chi connectivity index (χ0v) is 19.5. The first-order chi connectivity index (χ1) is 14.9. The second-order valence-corrected chi connectivity index (χ2v) is 8.52. The number of fused-ring (bicyclic) bond motifs is 1. The second kappa shape index (κ2) is 10.1. The normalized spacial score (nSPS) is 18.8. The van der Waals surface area contributed by atoms with Crippen LogP contribution in [0.3, 0.4) is 0 Å². The topological polar surface area (TPSA) is 61.2 Å². The third-order valence-electron chi connectivity index (χ3n) is 6.10. The van der Waals surface area contributed by atoms with Crippen LogP contribution in [-0.2, 0) is 17.8 Å². The number of benzene rings is 2. The molecular formula is C25H35N2O4+. The van der Waals surface area contributed by atoms with Crippen molar-refractivity contribution in [1.82, 2.24) is 5.32 Å². The lowest BCUT2D eigenvalue weighted by molar-refractivity contribution is -0.948. The molecule has 2 N–H and O–H groups in total. The van der Waals surface area contributed by atoms with E-state index in [0.717, 1.165) is 36.8 Å². The van der Waals surface area contributed by atoms with Gasteiger partial charge in [-0.1, -0.05) is 26.0 Å². The number of methoxy groups -OCH3 is 3. The van der Waals surface area contributed by atoms with Crippen molar-refractivity contribution in [3.63, 3.8) is 0 Å². The van der Waals surface area contributed by atoms with Crippen LogP contribution in [0, 0.1) is 5.92 Å². The number of quaternary nitrogens is 1. The van der Waals surface area contributed by atoms with Gasteiger partial charge in [0.25, 0.3) is 0 Å². The monoisotopic (exact) mass is 427 g/mol. The number of amides is 1. The van der Waals surface area contributed by atoms with E-state index in [1.807, 2.05) is 26.0 Å². The molecule has 2 aromatic rings. The van der Waals surface area contributed by atoms with Crippen LogP contribution in [0.5, 0.6) is 17.2 Å². The van der Waals surface area contributed by atoms with Crippen LogP contribution in [0.15, 0.2) is 36.4 Å². The fourth-order valence-corrected chi connectivity index (χ4v) is 4.45. The number of hydrogen-bond donors (Lipinski definition) is 2. The van der Waals surface area contributed by atoms with Gasteiger partial charge in [-0.15, -0.1) is 0 Å². The molecular weight excluding hydrogens is 392 g/mol. The van der Waals surface area contributed by atoms with Crippen molar-refractivity contribution in [3.8, 4) is 17.2 Å². The van der Waals surface area contributed by atoms with Crippen LogP contribution in [0.4, 0.5) is 0 Å². The van der Waals surface area contributed by atoms with E-state index in [2.05, 4.69) is 36.5 Å². The summed E-state index contributed by atoms with van der Waals surface area (Å²) in [6.45, 7) is 7.75. The first-order valence-electron chi connectivity index (χ1n) is 10.9. The molecule has 2 aromatic carbocycles. The molecule has 31 heavy (non-hydrogen) atoms. The summed E-state index contributed by atoms with van der Waals surface area (Å²) in [5, 5.41) is 3.24. The highest BCUT2D eigenvalue weighted by molar-refractivity contribution is 5.78. The van der Waals surface area contributed by atoms with Crippen LogP contribution in [0.2, 0.25) is 0 Å². The molecule has 1 aliphatic rings. The van der Waals surface area contributed by atoms with E-state index in [9.17, 15) is 4.79 Å². The van der Waals surface area contributed by atoms with Crippen molar-refractivity contribution in [3.05, 3.63) is 53.1 Å². The Morgan fingerprint density at radius 2 is 1.77 bits per heavy atom. The Balaban J connectivity index is 1.99. The molecule has 6 heteroatoms. The molecule has 1 unspecified atom stereocenters. The van der Waals surface area contributed by atoms with E-state index in [4.69, 9.17) is 14.2 Å². The van der Waals surface area contributed by atoms with Crippen LogP contribution < -0.4 is 24.4 Å². The minimum Gasteiger partial charge on any atom is -0.497 e. The van der Waals surface area contributed by atoms with Crippen LogP contribution in [0.1, 0.15) is 43.5 Å². The number of hydrogen-bond acceptors (Lipinski definition) is 4. The smallest absolute Gasteiger partial charge is 0.222 e. The molecule has 0 saturated heterocycles. The van der Waals surface area contributed by atoms with Gasteiger partial charge in [-0.25, -0.2) is 0 Å². The highest BCUT2D eigenvalue weighted by atomic mass is 16.5. The van der Waals surface area contributed by atoms with Crippen molar-refractivity contribution in [2.75, 3.05) is 27.9 Å². The Bertz CT molecular complexity index is 912. The highest BCUT2D eigenvalue weighted by Gasteiger charge is 2.37. The molecule has 168 valence electrons. The number of rotatable bonds is 8. The number of nitrogens with one attached hydrogen (secondary N) is 2. The van der Waals surface area contributed by atoms with Crippen molar-refractivity contribution < 1.29 is 23.9 Å². The average molecular weight is 428 g/mol. The Morgan fingerprint density at radius 3 is 2.42 bits per heavy atom. The minimum absolute atomic E-state index is 0.0346. The van der Waals surface area contributed by atoms with E-state index in [1.54, 1.807) is 21.3 Å². The van der Waals surface area contributed by atoms with Gasteiger partial charge < -0.3 is 24.4 Å². The molecule has 3 rings (SSSR count). The molecule has 1 heterocycles. The van der Waals surface area contributed by atoms with Crippen molar-refractivity contribution in [2.24, 2.45) is 5.92 Å². The largest absolute Gasteiger partial charge is 0.497 e. The second-order valence-electron chi connectivity index (χ2n) is 8.52. The Labute approximate surface area is 185 Å². The van der Waals surface area contributed by atoms with Crippen molar-refractivity contribution >= 4 is 5.91 Å². The quantitative estimate of drug-likeness (QED) is 0.680. The van der Waals surface area contributed by atoms with Gasteiger partial charge in [0.2, 0.25) is 5.91 Å². The molecule has 0 aromatic heterocycles. The van der Waals surface area contributed by atoms with Gasteiger partial charge in [0.1, 0.15) is 18.3 Å². The molecule has 0 bridgehead atoms. The Hall–Kier alpha value is -2.73. The number of carbonyl (C=O) groups is 1. The maximum atomic E-state index is 12.5. The SMILES string of the molecule is COc1cccc(C[NH+]2CCc3cc(OC)c(OC)cc3[C@@H]2[C@@H](C)NC(=O)C(C)C)c1. The van der Waals surface area contributed by atoms with Crippen LogP contribution >= 0.6 is 0 Å².